The minimum atomic E-state index is -0.505. The normalized spacial score (nSPS) is 10.7. The number of aryl methyl sites for hydroxylation is 4. The van der Waals surface area contributed by atoms with Crippen molar-refractivity contribution >= 4 is 28.5 Å². The second-order valence-electron chi connectivity index (χ2n) is 7.83. The predicted octanol–water partition coefficient (Wildman–Crippen LogP) is 4.70. The summed E-state index contributed by atoms with van der Waals surface area (Å²) in [5.74, 6) is -0.868. The fourth-order valence-corrected chi connectivity index (χ4v) is 3.57. The molecule has 1 amide bonds. The van der Waals surface area contributed by atoms with Crippen LogP contribution in [0.1, 0.15) is 34.2 Å². The van der Waals surface area contributed by atoms with Gasteiger partial charge in [0.25, 0.3) is 5.91 Å². The largest absolute Gasteiger partial charge is 0.464 e. The van der Waals surface area contributed by atoms with Crippen molar-refractivity contribution in [3.05, 3.63) is 64.4 Å². The molecule has 3 aromatic rings. The maximum absolute atomic E-state index is 12.8. The Morgan fingerprint density at radius 3 is 2.39 bits per heavy atom. The van der Waals surface area contributed by atoms with Crippen molar-refractivity contribution in [3.8, 4) is 6.07 Å². The zero-order chi connectivity index (χ0) is 22.5. The molecule has 0 spiro atoms. The van der Waals surface area contributed by atoms with E-state index in [-0.39, 0.29) is 31.9 Å². The highest BCUT2D eigenvalue weighted by molar-refractivity contribution is 5.95. The van der Waals surface area contributed by atoms with Crippen LogP contribution in [0.2, 0.25) is 0 Å². The van der Waals surface area contributed by atoms with Crippen LogP contribution in [0, 0.1) is 39.0 Å². The Morgan fingerprint density at radius 2 is 1.71 bits per heavy atom. The maximum atomic E-state index is 12.8. The van der Waals surface area contributed by atoms with Crippen LogP contribution in [0.5, 0.6) is 0 Å². The minimum Gasteiger partial charge on any atom is -0.464 e. The molecule has 0 saturated carbocycles. The predicted molar refractivity (Wildman–Crippen MR) is 119 cm³/mol. The molecule has 0 aliphatic carbocycles. The van der Waals surface area contributed by atoms with Gasteiger partial charge >= 0.3 is 5.97 Å². The summed E-state index contributed by atoms with van der Waals surface area (Å²) in [5.41, 5.74) is 6.40. The molecule has 0 saturated heterocycles. The number of esters is 1. The Balaban J connectivity index is 1.68. The average molecular weight is 418 g/mol. The van der Waals surface area contributed by atoms with Crippen molar-refractivity contribution in [2.75, 3.05) is 18.1 Å². The summed E-state index contributed by atoms with van der Waals surface area (Å²) in [4.78, 5) is 26.7. The van der Waals surface area contributed by atoms with Gasteiger partial charge < -0.3 is 14.1 Å². The van der Waals surface area contributed by atoms with Crippen molar-refractivity contribution in [1.29, 1.82) is 5.26 Å². The first kappa shape index (κ1) is 22.1. The Hall–Kier alpha value is -3.59. The molecule has 1 heterocycles. The van der Waals surface area contributed by atoms with E-state index in [1.807, 2.05) is 58.0 Å². The van der Waals surface area contributed by atoms with E-state index in [0.29, 0.717) is 5.69 Å². The number of nitriles is 1. The van der Waals surface area contributed by atoms with Crippen molar-refractivity contribution in [3.63, 3.8) is 0 Å². The van der Waals surface area contributed by atoms with Gasteiger partial charge in [0.05, 0.1) is 25.2 Å². The van der Waals surface area contributed by atoms with E-state index in [1.54, 1.807) is 6.26 Å². The van der Waals surface area contributed by atoms with Crippen LogP contribution in [0.25, 0.3) is 11.0 Å². The molecule has 0 aliphatic heterocycles. The number of anilines is 1. The van der Waals surface area contributed by atoms with E-state index in [4.69, 9.17) is 14.4 Å². The molecule has 3 rings (SSSR count). The Labute approximate surface area is 182 Å². The molecule has 0 N–H and O–H groups in total. The Bertz CT molecular complexity index is 1150. The number of hydrogen-bond acceptors (Lipinski definition) is 5. The quantitative estimate of drug-likeness (QED) is 0.519. The van der Waals surface area contributed by atoms with Crippen LogP contribution < -0.4 is 4.90 Å². The van der Waals surface area contributed by atoms with Crippen LogP contribution in [-0.2, 0) is 20.7 Å². The lowest BCUT2D eigenvalue weighted by Crippen LogP contribution is -2.35. The van der Waals surface area contributed by atoms with Gasteiger partial charge in [-0.2, -0.15) is 5.26 Å². The van der Waals surface area contributed by atoms with E-state index in [2.05, 4.69) is 6.07 Å². The average Bonchev–Trinajstić information content (AvgIpc) is 3.07. The number of amides is 1. The summed E-state index contributed by atoms with van der Waals surface area (Å²) in [6, 6.07) is 11.8. The summed E-state index contributed by atoms with van der Waals surface area (Å²) >= 11 is 0. The molecule has 0 radical (unpaired) electrons. The van der Waals surface area contributed by atoms with E-state index in [0.717, 1.165) is 38.8 Å². The third-order valence-corrected chi connectivity index (χ3v) is 5.23. The van der Waals surface area contributed by atoms with Gasteiger partial charge in [-0.15, -0.1) is 0 Å². The van der Waals surface area contributed by atoms with E-state index < -0.39 is 5.97 Å². The molecular weight excluding hydrogens is 392 g/mol. The Morgan fingerprint density at radius 1 is 1.03 bits per heavy atom. The maximum Gasteiger partial charge on any atom is 0.310 e. The summed E-state index contributed by atoms with van der Waals surface area (Å²) in [6.45, 7) is 7.76. The molecule has 31 heavy (non-hydrogen) atoms. The first-order valence-electron chi connectivity index (χ1n) is 10.2. The second kappa shape index (κ2) is 9.48. The van der Waals surface area contributed by atoms with Crippen LogP contribution in [0.15, 0.2) is 41.0 Å². The molecule has 0 bridgehead atoms. The highest BCUT2D eigenvalue weighted by atomic mass is 16.5. The van der Waals surface area contributed by atoms with E-state index in [1.165, 1.54) is 4.90 Å². The fraction of sp³-hybridized carbons (Fsp3) is 0.320. The topological polar surface area (TPSA) is 83.5 Å². The smallest absolute Gasteiger partial charge is 0.310 e. The van der Waals surface area contributed by atoms with E-state index >= 15 is 0 Å². The summed E-state index contributed by atoms with van der Waals surface area (Å²) in [6.07, 6.45) is 1.76. The number of fused-ring (bicyclic) bond motifs is 1. The lowest BCUT2D eigenvalue weighted by molar-refractivity contribution is -0.147. The lowest BCUT2D eigenvalue weighted by Gasteiger charge is -2.22. The molecule has 0 fully saturated rings. The summed E-state index contributed by atoms with van der Waals surface area (Å²) < 4.78 is 10.8. The molecule has 2 aromatic carbocycles. The SMILES string of the molecule is Cc1cc(C)cc(N(CCC#N)C(=O)COC(=O)Cc2coc3cc(C)c(C)cc23)c1. The number of carbonyl (C=O) groups excluding carboxylic acids is 2. The first-order valence-corrected chi connectivity index (χ1v) is 10.2. The molecule has 1 aromatic heterocycles. The highest BCUT2D eigenvalue weighted by Gasteiger charge is 2.19. The van der Waals surface area contributed by atoms with Gasteiger partial charge in [-0.05, 0) is 74.2 Å². The molecule has 0 unspecified atom stereocenters. The van der Waals surface area contributed by atoms with Gasteiger partial charge in [0.1, 0.15) is 5.58 Å². The fourth-order valence-electron chi connectivity index (χ4n) is 3.57. The highest BCUT2D eigenvalue weighted by Crippen LogP contribution is 2.25. The third kappa shape index (κ3) is 5.32. The second-order valence-corrected chi connectivity index (χ2v) is 7.83. The zero-order valence-electron chi connectivity index (χ0n) is 18.3. The Kier molecular flexibility index (Phi) is 6.76. The molecule has 160 valence electrons. The number of ether oxygens (including phenoxy) is 1. The van der Waals surface area contributed by atoms with Gasteiger partial charge in [-0.1, -0.05) is 6.07 Å². The summed E-state index contributed by atoms with van der Waals surface area (Å²) in [5, 5.41) is 9.83. The third-order valence-electron chi connectivity index (χ3n) is 5.23. The van der Waals surface area contributed by atoms with Gasteiger partial charge in [0, 0.05) is 23.2 Å². The number of benzene rings is 2. The van der Waals surface area contributed by atoms with Gasteiger partial charge in [0.2, 0.25) is 0 Å². The molecule has 0 aliphatic rings. The number of rotatable bonds is 7. The van der Waals surface area contributed by atoms with Crippen LogP contribution in [0.4, 0.5) is 5.69 Å². The van der Waals surface area contributed by atoms with Crippen LogP contribution >= 0.6 is 0 Å². The van der Waals surface area contributed by atoms with Crippen molar-refractivity contribution in [1.82, 2.24) is 0 Å². The number of furan rings is 1. The molecule has 0 atom stereocenters. The zero-order valence-corrected chi connectivity index (χ0v) is 18.3. The van der Waals surface area contributed by atoms with E-state index in [9.17, 15) is 9.59 Å². The summed E-state index contributed by atoms with van der Waals surface area (Å²) in [7, 11) is 0. The van der Waals surface area contributed by atoms with Crippen molar-refractivity contribution in [2.24, 2.45) is 0 Å². The number of carbonyl (C=O) groups is 2. The van der Waals surface area contributed by atoms with Crippen molar-refractivity contribution in [2.45, 2.75) is 40.5 Å². The molecule has 6 heteroatoms. The van der Waals surface area contributed by atoms with Gasteiger partial charge in [-0.25, -0.2) is 0 Å². The standard InChI is InChI=1S/C25H26N2O4/c1-16-8-17(2)10-21(9-16)27(7-5-6-26)24(28)15-31-25(29)13-20-14-30-23-12-19(4)18(3)11-22(20)23/h8-12,14H,5,7,13,15H2,1-4H3. The number of hydrogen-bond donors (Lipinski definition) is 0. The minimum absolute atomic E-state index is 0.0184. The van der Waals surface area contributed by atoms with Crippen LogP contribution in [-0.4, -0.2) is 25.0 Å². The van der Waals surface area contributed by atoms with Gasteiger partial charge in [-0.3, -0.25) is 9.59 Å². The number of nitrogens with zero attached hydrogens (tertiary/aromatic N) is 2. The van der Waals surface area contributed by atoms with Crippen molar-refractivity contribution < 1.29 is 18.7 Å². The first-order chi connectivity index (χ1) is 14.8. The monoisotopic (exact) mass is 418 g/mol. The molecular formula is C25H26N2O4. The van der Waals surface area contributed by atoms with Gasteiger partial charge in [0.15, 0.2) is 6.61 Å². The molecule has 6 nitrogen and oxygen atoms in total. The lowest BCUT2D eigenvalue weighted by atomic mass is 10.0. The van der Waals surface area contributed by atoms with Crippen LogP contribution in [0.3, 0.4) is 0 Å².